The summed E-state index contributed by atoms with van der Waals surface area (Å²) in [5.41, 5.74) is 0. The van der Waals surface area contributed by atoms with Crippen LogP contribution in [0.5, 0.6) is 0 Å². The first kappa shape index (κ1) is 32.8. The van der Waals surface area contributed by atoms with E-state index in [1.54, 1.807) is 0 Å². The highest BCUT2D eigenvalue weighted by Crippen LogP contribution is 2.17. The average molecular weight is 475 g/mol. The topological polar surface area (TPSA) is 101 Å². The molecule has 4 atom stereocenters. The van der Waals surface area contributed by atoms with E-state index < -0.39 is 18.3 Å². The molecule has 0 radical (unpaired) electrons. The van der Waals surface area contributed by atoms with Crippen molar-refractivity contribution < 1.29 is 25.5 Å². The fourth-order valence-electron chi connectivity index (χ4n) is 4.46. The standard InChI is InChI=1S/C28H58O5/c1-2-3-4-5-6-7-8-9-10-11-12-13-14-15-16-25(30)17-18-26(31)19-20-27(32)21-22-28(33)23-24-29/h25-33H,2-24H2,1H3. The van der Waals surface area contributed by atoms with Gasteiger partial charge in [0.1, 0.15) is 0 Å². The summed E-state index contributed by atoms with van der Waals surface area (Å²) in [4.78, 5) is 0. The molecule has 0 bridgehead atoms. The van der Waals surface area contributed by atoms with E-state index in [2.05, 4.69) is 6.92 Å². The van der Waals surface area contributed by atoms with E-state index in [1.165, 1.54) is 83.5 Å². The number of unbranched alkanes of at least 4 members (excludes halogenated alkanes) is 13. The molecule has 0 spiro atoms. The van der Waals surface area contributed by atoms with Gasteiger partial charge in [-0.1, -0.05) is 96.8 Å². The Morgan fingerprint density at radius 2 is 0.636 bits per heavy atom. The monoisotopic (exact) mass is 474 g/mol. The van der Waals surface area contributed by atoms with E-state index in [1.807, 2.05) is 0 Å². The highest BCUT2D eigenvalue weighted by molar-refractivity contribution is 4.67. The summed E-state index contributed by atoms with van der Waals surface area (Å²) in [5.74, 6) is 0. The van der Waals surface area contributed by atoms with Crippen molar-refractivity contribution in [3.63, 3.8) is 0 Å². The van der Waals surface area contributed by atoms with Gasteiger partial charge in [0.2, 0.25) is 0 Å². The Morgan fingerprint density at radius 3 is 0.970 bits per heavy atom. The Labute approximate surface area is 205 Å². The summed E-state index contributed by atoms with van der Waals surface area (Å²) in [7, 11) is 0. The molecule has 0 amide bonds. The molecular weight excluding hydrogens is 416 g/mol. The minimum atomic E-state index is -0.570. The first-order valence-corrected chi connectivity index (χ1v) is 14.3. The Bertz CT molecular complexity index is 379. The van der Waals surface area contributed by atoms with Crippen LogP contribution >= 0.6 is 0 Å². The van der Waals surface area contributed by atoms with Crippen molar-refractivity contribution in [2.24, 2.45) is 0 Å². The van der Waals surface area contributed by atoms with E-state index in [0.29, 0.717) is 44.9 Å². The lowest BCUT2D eigenvalue weighted by Crippen LogP contribution is -2.18. The van der Waals surface area contributed by atoms with Crippen molar-refractivity contribution in [2.45, 2.75) is 173 Å². The molecule has 5 N–H and O–H groups in total. The van der Waals surface area contributed by atoms with E-state index in [9.17, 15) is 20.4 Å². The molecule has 0 heterocycles. The van der Waals surface area contributed by atoms with Gasteiger partial charge in [0.25, 0.3) is 0 Å². The lowest BCUT2D eigenvalue weighted by molar-refractivity contribution is 0.0696. The molecule has 0 aliphatic heterocycles. The Hall–Kier alpha value is -0.200. The summed E-state index contributed by atoms with van der Waals surface area (Å²) in [6.45, 7) is 2.22. The molecule has 5 heteroatoms. The summed E-state index contributed by atoms with van der Waals surface area (Å²) in [5, 5.41) is 48.5. The molecule has 0 saturated heterocycles. The lowest BCUT2D eigenvalue weighted by Gasteiger charge is -2.17. The quantitative estimate of drug-likeness (QED) is 0.0986. The van der Waals surface area contributed by atoms with Crippen molar-refractivity contribution >= 4 is 0 Å². The first-order chi connectivity index (χ1) is 16.0. The van der Waals surface area contributed by atoms with Crippen molar-refractivity contribution in [1.29, 1.82) is 0 Å². The minimum Gasteiger partial charge on any atom is -0.396 e. The van der Waals surface area contributed by atoms with Crippen molar-refractivity contribution in [2.75, 3.05) is 6.61 Å². The fourth-order valence-corrected chi connectivity index (χ4v) is 4.46. The zero-order valence-electron chi connectivity index (χ0n) is 21.8. The van der Waals surface area contributed by atoms with E-state index in [4.69, 9.17) is 5.11 Å². The second-order valence-corrected chi connectivity index (χ2v) is 10.2. The van der Waals surface area contributed by atoms with E-state index in [0.717, 1.165) is 12.8 Å². The summed E-state index contributed by atoms with van der Waals surface area (Å²) >= 11 is 0. The fraction of sp³-hybridized carbons (Fsp3) is 1.00. The van der Waals surface area contributed by atoms with Crippen LogP contribution in [0, 0.1) is 0 Å². The zero-order chi connectivity index (χ0) is 24.6. The van der Waals surface area contributed by atoms with Gasteiger partial charge < -0.3 is 25.5 Å². The maximum atomic E-state index is 10.2. The van der Waals surface area contributed by atoms with Crippen LogP contribution in [0.15, 0.2) is 0 Å². The molecule has 0 aliphatic rings. The molecule has 0 saturated carbocycles. The molecule has 0 aromatic heterocycles. The second-order valence-electron chi connectivity index (χ2n) is 10.2. The van der Waals surface area contributed by atoms with Gasteiger partial charge in [-0.15, -0.1) is 0 Å². The van der Waals surface area contributed by atoms with E-state index in [-0.39, 0.29) is 12.7 Å². The van der Waals surface area contributed by atoms with Gasteiger partial charge >= 0.3 is 0 Å². The Kier molecular flexibility index (Phi) is 24.8. The first-order valence-electron chi connectivity index (χ1n) is 14.3. The molecule has 5 nitrogen and oxygen atoms in total. The van der Waals surface area contributed by atoms with Crippen LogP contribution in [0.1, 0.15) is 148 Å². The van der Waals surface area contributed by atoms with E-state index >= 15 is 0 Å². The van der Waals surface area contributed by atoms with Crippen molar-refractivity contribution in [3.8, 4) is 0 Å². The van der Waals surface area contributed by atoms with Crippen LogP contribution < -0.4 is 0 Å². The molecule has 0 aromatic carbocycles. The van der Waals surface area contributed by atoms with Crippen molar-refractivity contribution in [3.05, 3.63) is 0 Å². The van der Waals surface area contributed by atoms with Crippen LogP contribution in [-0.2, 0) is 0 Å². The van der Waals surface area contributed by atoms with Gasteiger partial charge in [-0.2, -0.15) is 0 Å². The van der Waals surface area contributed by atoms with Crippen LogP contribution in [-0.4, -0.2) is 56.6 Å². The van der Waals surface area contributed by atoms with Gasteiger partial charge in [-0.05, 0) is 51.4 Å². The normalized spacial score (nSPS) is 15.5. The molecule has 0 rings (SSSR count). The number of rotatable bonds is 26. The molecule has 0 aliphatic carbocycles. The smallest absolute Gasteiger partial charge is 0.0563 e. The summed E-state index contributed by atoms with van der Waals surface area (Å²) in [6.07, 6.45) is 21.1. The molecule has 200 valence electrons. The number of aliphatic hydroxyl groups excluding tert-OH is 5. The third-order valence-corrected chi connectivity index (χ3v) is 6.85. The zero-order valence-corrected chi connectivity index (χ0v) is 21.8. The molecular formula is C28H58O5. The average Bonchev–Trinajstić information content (AvgIpc) is 2.80. The summed E-state index contributed by atoms with van der Waals surface area (Å²) < 4.78 is 0. The maximum Gasteiger partial charge on any atom is 0.0563 e. The lowest BCUT2D eigenvalue weighted by atomic mass is 9.98. The van der Waals surface area contributed by atoms with Crippen molar-refractivity contribution in [1.82, 2.24) is 0 Å². The third-order valence-electron chi connectivity index (χ3n) is 6.85. The van der Waals surface area contributed by atoms with Crippen LogP contribution in [0.2, 0.25) is 0 Å². The van der Waals surface area contributed by atoms with Crippen LogP contribution in [0.4, 0.5) is 0 Å². The third kappa shape index (κ3) is 24.7. The summed E-state index contributed by atoms with van der Waals surface area (Å²) in [6, 6.07) is 0. The number of hydrogen-bond acceptors (Lipinski definition) is 5. The van der Waals surface area contributed by atoms with Gasteiger partial charge in [0.15, 0.2) is 0 Å². The molecule has 0 fully saturated rings. The maximum absolute atomic E-state index is 10.2. The van der Waals surface area contributed by atoms with Crippen LogP contribution in [0.25, 0.3) is 0 Å². The largest absolute Gasteiger partial charge is 0.396 e. The predicted molar refractivity (Wildman–Crippen MR) is 138 cm³/mol. The SMILES string of the molecule is CCCCCCCCCCCCCCCCC(O)CCC(O)CCC(O)CCC(O)CCO. The Balaban J connectivity index is 3.42. The predicted octanol–water partition coefficient (Wildman–Crippen LogP) is 6.02. The van der Waals surface area contributed by atoms with Gasteiger partial charge in [0, 0.05) is 6.61 Å². The van der Waals surface area contributed by atoms with Gasteiger partial charge in [0.05, 0.1) is 24.4 Å². The van der Waals surface area contributed by atoms with Gasteiger partial charge in [-0.25, -0.2) is 0 Å². The highest BCUT2D eigenvalue weighted by atomic mass is 16.3. The van der Waals surface area contributed by atoms with Crippen LogP contribution in [0.3, 0.4) is 0 Å². The molecule has 4 unspecified atom stereocenters. The number of aliphatic hydroxyl groups is 5. The van der Waals surface area contributed by atoms with Gasteiger partial charge in [-0.3, -0.25) is 0 Å². The second kappa shape index (κ2) is 24.9. The minimum absolute atomic E-state index is 0.0440. The Morgan fingerprint density at radius 1 is 0.364 bits per heavy atom. The highest BCUT2D eigenvalue weighted by Gasteiger charge is 2.13. The molecule has 33 heavy (non-hydrogen) atoms. The number of hydrogen-bond donors (Lipinski definition) is 5. The molecule has 0 aromatic rings.